The van der Waals surface area contributed by atoms with E-state index in [-0.39, 0.29) is 11.8 Å². The molecule has 0 bridgehead atoms. The van der Waals surface area contributed by atoms with Gasteiger partial charge in [-0.1, -0.05) is 6.07 Å². The summed E-state index contributed by atoms with van der Waals surface area (Å²) in [6, 6.07) is 8.89. The van der Waals surface area contributed by atoms with Crippen LogP contribution in [0, 0.1) is 12.8 Å². The fraction of sp³-hybridized carbons (Fsp3) is 0.348. The first-order valence-corrected chi connectivity index (χ1v) is 10.2. The van der Waals surface area contributed by atoms with E-state index in [1.54, 1.807) is 41.5 Å². The molecule has 0 atom stereocenters. The molecule has 0 saturated carbocycles. The van der Waals surface area contributed by atoms with Gasteiger partial charge in [0, 0.05) is 25.7 Å². The van der Waals surface area contributed by atoms with Gasteiger partial charge in [0.15, 0.2) is 0 Å². The van der Waals surface area contributed by atoms with Gasteiger partial charge in [-0.3, -0.25) is 14.4 Å². The summed E-state index contributed by atoms with van der Waals surface area (Å²) in [5.74, 6) is -0.158. The molecular weight excluding hydrogens is 398 g/mol. The fourth-order valence-corrected chi connectivity index (χ4v) is 3.42. The predicted octanol–water partition coefficient (Wildman–Crippen LogP) is 2.60. The summed E-state index contributed by atoms with van der Waals surface area (Å²) in [5.41, 5.74) is 1.40. The number of nitrogens with zero attached hydrogens (tertiary/aromatic N) is 1. The molecule has 31 heavy (non-hydrogen) atoms. The maximum atomic E-state index is 12.3. The number of hydrogen-bond acceptors (Lipinski definition) is 5. The average molecular weight is 425 g/mol. The minimum atomic E-state index is -0.737. The number of nitrogens with one attached hydrogen (secondary N) is 2. The van der Waals surface area contributed by atoms with Gasteiger partial charge in [-0.25, -0.2) is 0 Å². The van der Waals surface area contributed by atoms with Gasteiger partial charge in [0.05, 0.1) is 19.1 Å². The smallest absolute Gasteiger partial charge is 0.313 e. The number of rotatable bonds is 6. The summed E-state index contributed by atoms with van der Waals surface area (Å²) >= 11 is 0. The summed E-state index contributed by atoms with van der Waals surface area (Å²) in [5, 5.41) is 5.28. The highest BCUT2D eigenvalue weighted by molar-refractivity contribution is 6.39. The zero-order valence-electron chi connectivity index (χ0n) is 17.7. The molecule has 0 aliphatic carbocycles. The van der Waals surface area contributed by atoms with E-state index in [0.29, 0.717) is 36.8 Å². The molecule has 2 aromatic rings. The molecule has 1 aliphatic rings. The number of piperidine rings is 1. The number of ether oxygens (including phenoxy) is 1. The molecule has 164 valence electrons. The Hall–Kier alpha value is -3.55. The van der Waals surface area contributed by atoms with Crippen molar-refractivity contribution in [2.45, 2.75) is 19.8 Å². The van der Waals surface area contributed by atoms with Crippen LogP contribution in [0.25, 0.3) is 6.08 Å². The van der Waals surface area contributed by atoms with Crippen molar-refractivity contribution >= 4 is 29.5 Å². The zero-order valence-corrected chi connectivity index (χ0v) is 17.7. The minimum absolute atomic E-state index is 0.0645. The average Bonchev–Trinajstić information content (AvgIpc) is 3.30. The lowest BCUT2D eigenvalue weighted by atomic mass is 9.96. The topological polar surface area (TPSA) is 101 Å². The van der Waals surface area contributed by atoms with Crippen LogP contribution >= 0.6 is 0 Å². The van der Waals surface area contributed by atoms with Crippen molar-refractivity contribution in [3.8, 4) is 5.75 Å². The third-order valence-corrected chi connectivity index (χ3v) is 5.22. The van der Waals surface area contributed by atoms with Crippen LogP contribution in [0.3, 0.4) is 0 Å². The van der Waals surface area contributed by atoms with Gasteiger partial charge in [-0.05, 0) is 61.6 Å². The Morgan fingerprint density at radius 2 is 1.97 bits per heavy atom. The van der Waals surface area contributed by atoms with Gasteiger partial charge in [0.2, 0.25) is 5.91 Å². The monoisotopic (exact) mass is 425 g/mol. The summed E-state index contributed by atoms with van der Waals surface area (Å²) in [4.78, 5) is 38.5. The van der Waals surface area contributed by atoms with E-state index < -0.39 is 11.8 Å². The second kappa shape index (κ2) is 10.5. The molecule has 1 saturated heterocycles. The van der Waals surface area contributed by atoms with Crippen molar-refractivity contribution in [1.29, 1.82) is 0 Å². The first kappa shape index (κ1) is 22.1. The van der Waals surface area contributed by atoms with Gasteiger partial charge >= 0.3 is 11.8 Å². The third kappa shape index (κ3) is 6.21. The van der Waals surface area contributed by atoms with Crippen LogP contribution < -0.4 is 15.4 Å². The van der Waals surface area contributed by atoms with E-state index in [4.69, 9.17) is 9.15 Å². The second-order valence-corrected chi connectivity index (χ2v) is 7.49. The van der Waals surface area contributed by atoms with E-state index in [0.717, 1.165) is 18.4 Å². The maximum absolute atomic E-state index is 12.3. The SMILES string of the molecule is COc1ccc(C)cc1NC(=O)C(=O)NCC1CCN(C(=O)/C=C/c2ccco2)CC1. The highest BCUT2D eigenvalue weighted by Gasteiger charge is 2.23. The summed E-state index contributed by atoms with van der Waals surface area (Å²) < 4.78 is 10.4. The summed E-state index contributed by atoms with van der Waals surface area (Å²) in [6.45, 7) is 3.49. The molecule has 0 unspecified atom stereocenters. The normalized spacial score (nSPS) is 14.5. The van der Waals surface area contributed by atoms with Crippen molar-refractivity contribution < 1.29 is 23.5 Å². The number of furan rings is 1. The Morgan fingerprint density at radius 1 is 1.19 bits per heavy atom. The first-order chi connectivity index (χ1) is 15.0. The molecule has 2 heterocycles. The van der Waals surface area contributed by atoms with Crippen molar-refractivity contribution in [2.24, 2.45) is 5.92 Å². The quantitative estimate of drug-likeness (QED) is 0.547. The van der Waals surface area contributed by atoms with Crippen LogP contribution in [0.15, 0.2) is 47.1 Å². The lowest BCUT2D eigenvalue weighted by molar-refractivity contribution is -0.136. The van der Waals surface area contributed by atoms with E-state index in [1.165, 1.54) is 13.2 Å². The largest absolute Gasteiger partial charge is 0.495 e. The molecule has 2 N–H and O–H groups in total. The number of amides is 3. The van der Waals surface area contributed by atoms with Crippen molar-refractivity contribution in [3.63, 3.8) is 0 Å². The van der Waals surface area contributed by atoms with Crippen LogP contribution in [-0.2, 0) is 14.4 Å². The molecule has 0 spiro atoms. The van der Waals surface area contributed by atoms with Crippen LogP contribution in [0.2, 0.25) is 0 Å². The Labute approximate surface area is 181 Å². The molecule has 1 fully saturated rings. The standard InChI is InChI=1S/C23H27N3O5/c1-16-5-7-20(30-2)19(14-16)25-23(29)22(28)24-15-17-9-11-26(12-10-17)21(27)8-6-18-4-3-13-31-18/h3-8,13-14,17H,9-12,15H2,1-2H3,(H,24,28)(H,25,29)/b8-6+. The number of hydrogen-bond donors (Lipinski definition) is 2. The Kier molecular flexibility index (Phi) is 7.48. The molecule has 1 aliphatic heterocycles. The van der Waals surface area contributed by atoms with Crippen LogP contribution in [0.5, 0.6) is 5.75 Å². The summed E-state index contributed by atoms with van der Waals surface area (Å²) in [7, 11) is 1.50. The molecule has 1 aromatic carbocycles. The molecular formula is C23H27N3O5. The molecule has 0 radical (unpaired) electrons. The second-order valence-electron chi connectivity index (χ2n) is 7.49. The van der Waals surface area contributed by atoms with E-state index in [1.807, 2.05) is 13.0 Å². The van der Waals surface area contributed by atoms with Gasteiger partial charge in [-0.2, -0.15) is 0 Å². The van der Waals surface area contributed by atoms with Gasteiger partial charge < -0.3 is 24.7 Å². The van der Waals surface area contributed by atoms with Crippen molar-refractivity contribution in [1.82, 2.24) is 10.2 Å². The number of carbonyl (C=O) groups is 3. The van der Waals surface area contributed by atoms with E-state index in [2.05, 4.69) is 10.6 Å². The number of benzene rings is 1. The highest BCUT2D eigenvalue weighted by atomic mass is 16.5. The Bertz CT molecular complexity index is 944. The van der Waals surface area contributed by atoms with E-state index >= 15 is 0 Å². The summed E-state index contributed by atoms with van der Waals surface area (Å²) in [6.07, 6.45) is 6.23. The zero-order chi connectivity index (χ0) is 22.2. The molecule has 8 nitrogen and oxygen atoms in total. The highest BCUT2D eigenvalue weighted by Crippen LogP contribution is 2.25. The van der Waals surface area contributed by atoms with Gasteiger partial charge in [-0.15, -0.1) is 0 Å². The van der Waals surface area contributed by atoms with Gasteiger partial charge in [0.25, 0.3) is 0 Å². The van der Waals surface area contributed by atoms with Crippen molar-refractivity contribution in [3.05, 3.63) is 54.0 Å². The number of methoxy groups -OCH3 is 1. The fourth-order valence-electron chi connectivity index (χ4n) is 3.42. The lowest BCUT2D eigenvalue weighted by Crippen LogP contribution is -2.43. The maximum Gasteiger partial charge on any atom is 0.313 e. The van der Waals surface area contributed by atoms with Gasteiger partial charge in [0.1, 0.15) is 11.5 Å². The molecule has 8 heteroatoms. The Morgan fingerprint density at radius 3 is 2.65 bits per heavy atom. The third-order valence-electron chi connectivity index (χ3n) is 5.22. The number of aryl methyl sites for hydroxylation is 1. The Balaban J connectivity index is 1.42. The lowest BCUT2D eigenvalue weighted by Gasteiger charge is -2.31. The number of carbonyl (C=O) groups excluding carboxylic acids is 3. The molecule has 3 amide bonds. The van der Waals surface area contributed by atoms with Crippen LogP contribution in [0.4, 0.5) is 5.69 Å². The minimum Gasteiger partial charge on any atom is -0.495 e. The molecule has 1 aromatic heterocycles. The van der Waals surface area contributed by atoms with Crippen LogP contribution in [0.1, 0.15) is 24.2 Å². The van der Waals surface area contributed by atoms with Crippen LogP contribution in [-0.4, -0.2) is 49.4 Å². The van der Waals surface area contributed by atoms with E-state index in [9.17, 15) is 14.4 Å². The molecule has 3 rings (SSSR count). The van der Waals surface area contributed by atoms with Crippen molar-refractivity contribution in [2.75, 3.05) is 32.1 Å². The first-order valence-electron chi connectivity index (χ1n) is 10.2. The number of anilines is 1. The number of likely N-dealkylation sites (tertiary alicyclic amines) is 1. The predicted molar refractivity (Wildman–Crippen MR) is 116 cm³/mol.